The zero-order chi connectivity index (χ0) is 14.2. The summed E-state index contributed by atoms with van der Waals surface area (Å²) in [5.41, 5.74) is 0.642. The van der Waals surface area contributed by atoms with E-state index < -0.39 is 18.1 Å². The number of carbonyl (C=O) groups excluding carboxylic acids is 2. The number of benzene rings is 1. The highest BCUT2D eigenvalue weighted by Crippen LogP contribution is 2.35. The number of hydrogen-bond acceptors (Lipinski definition) is 4. The summed E-state index contributed by atoms with van der Waals surface area (Å²) in [5, 5.41) is 9.59. The van der Waals surface area contributed by atoms with Gasteiger partial charge in [0.2, 0.25) is 5.91 Å². The van der Waals surface area contributed by atoms with Crippen LogP contribution >= 0.6 is 0 Å². The highest BCUT2D eigenvalue weighted by molar-refractivity contribution is 6.12. The normalized spacial score (nSPS) is 23.8. The van der Waals surface area contributed by atoms with Crippen molar-refractivity contribution in [3.63, 3.8) is 0 Å². The standard InChI is InChI=1S/C14H17NO4/c1-8(16)12-13(9(2)17)15(14(12)18)10-4-6-11(19-3)7-5-10/h4-8,12-13,16H,1-3H3/t8-,12-,13+/m1/s1. The molecule has 102 valence electrons. The number of hydrogen-bond donors (Lipinski definition) is 1. The number of amides is 1. The van der Waals surface area contributed by atoms with Gasteiger partial charge < -0.3 is 14.7 Å². The molecule has 1 aliphatic rings. The highest BCUT2D eigenvalue weighted by Gasteiger charge is 2.52. The molecule has 1 aromatic carbocycles. The van der Waals surface area contributed by atoms with E-state index in [1.54, 1.807) is 31.4 Å². The van der Waals surface area contributed by atoms with Crippen molar-refractivity contribution in [1.82, 2.24) is 0 Å². The number of ketones is 1. The van der Waals surface area contributed by atoms with Crippen molar-refractivity contribution < 1.29 is 19.4 Å². The summed E-state index contributed by atoms with van der Waals surface area (Å²) in [4.78, 5) is 25.1. The van der Waals surface area contributed by atoms with Gasteiger partial charge in [0.05, 0.1) is 19.1 Å². The minimum atomic E-state index is -0.823. The molecule has 1 saturated heterocycles. The fourth-order valence-corrected chi connectivity index (χ4v) is 2.45. The van der Waals surface area contributed by atoms with Gasteiger partial charge in [0.15, 0.2) is 5.78 Å². The molecule has 0 spiro atoms. The summed E-state index contributed by atoms with van der Waals surface area (Å²) in [6.07, 6.45) is -0.823. The molecule has 1 heterocycles. The second-order valence-electron chi connectivity index (χ2n) is 4.73. The van der Waals surface area contributed by atoms with Crippen molar-refractivity contribution in [2.45, 2.75) is 26.0 Å². The van der Waals surface area contributed by atoms with E-state index in [0.717, 1.165) is 0 Å². The van der Waals surface area contributed by atoms with Gasteiger partial charge in [0, 0.05) is 5.69 Å². The lowest BCUT2D eigenvalue weighted by molar-refractivity contribution is -0.141. The molecule has 1 aliphatic heterocycles. The van der Waals surface area contributed by atoms with Gasteiger partial charge in [-0.05, 0) is 38.1 Å². The van der Waals surface area contributed by atoms with E-state index >= 15 is 0 Å². The van der Waals surface area contributed by atoms with Crippen LogP contribution in [0.3, 0.4) is 0 Å². The van der Waals surface area contributed by atoms with Crippen LogP contribution in [0.5, 0.6) is 5.75 Å². The SMILES string of the molecule is COc1ccc(N2C(=O)[C@H]([C@@H](C)O)[C@@H]2C(C)=O)cc1. The van der Waals surface area contributed by atoms with Crippen molar-refractivity contribution in [3.05, 3.63) is 24.3 Å². The third-order valence-corrected chi connectivity index (χ3v) is 3.43. The Hall–Kier alpha value is -1.88. The summed E-state index contributed by atoms with van der Waals surface area (Å²) < 4.78 is 5.05. The molecule has 5 nitrogen and oxygen atoms in total. The van der Waals surface area contributed by atoms with E-state index in [1.807, 2.05) is 0 Å². The first-order valence-corrected chi connectivity index (χ1v) is 6.13. The molecule has 5 heteroatoms. The van der Waals surface area contributed by atoms with Crippen molar-refractivity contribution in [2.75, 3.05) is 12.0 Å². The first-order valence-electron chi connectivity index (χ1n) is 6.13. The van der Waals surface area contributed by atoms with Crippen LogP contribution in [0.4, 0.5) is 5.69 Å². The van der Waals surface area contributed by atoms with Crippen LogP contribution in [0.1, 0.15) is 13.8 Å². The van der Waals surface area contributed by atoms with Gasteiger partial charge in [-0.1, -0.05) is 0 Å². The Morgan fingerprint density at radius 3 is 2.37 bits per heavy atom. The Morgan fingerprint density at radius 1 is 1.37 bits per heavy atom. The van der Waals surface area contributed by atoms with E-state index in [-0.39, 0.29) is 11.7 Å². The van der Waals surface area contributed by atoms with Crippen LogP contribution < -0.4 is 9.64 Å². The van der Waals surface area contributed by atoms with E-state index in [0.29, 0.717) is 11.4 Å². The van der Waals surface area contributed by atoms with Crippen molar-refractivity contribution in [2.24, 2.45) is 5.92 Å². The van der Waals surface area contributed by atoms with E-state index in [1.165, 1.54) is 18.7 Å². The average molecular weight is 263 g/mol. The maximum atomic E-state index is 12.1. The number of aliphatic hydroxyl groups is 1. The molecule has 1 aromatic rings. The Balaban J connectivity index is 2.28. The number of β-lactam (4-membered cyclic amide) rings is 1. The van der Waals surface area contributed by atoms with Crippen molar-refractivity contribution >= 4 is 17.4 Å². The van der Waals surface area contributed by atoms with Gasteiger partial charge in [0.25, 0.3) is 0 Å². The van der Waals surface area contributed by atoms with Gasteiger partial charge in [-0.25, -0.2) is 0 Å². The molecule has 0 bridgehead atoms. The molecule has 0 aromatic heterocycles. The molecule has 0 radical (unpaired) electrons. The van der Waals surface area contributed by atoms with E-state index in [4.69, 9.17) is 4.74 Å². The molecule has 0 aliphatic carbocycles. The van der Waals surface area contributed by atoms with Crippen LogP contribution in [-0.2, 0) is 9.59 Å². The summed E-state index contributed by atoms with van der Waals surface area (Å²) in [6, 6.07) is 6.34. The number of carbonyl (C=O) groups is 2. The Bertz CT molecular complexity index is 495. The molecule has 2 rings (SSSR count). The number of ether oxygens (including phenoxy) is 1. The fraction of sp³-hybridized carbons (Fsp3) is 0.429. The smallest absolute Gasteiger partial charge is 0.235 e. The summed E-state index contributed by atoms with van der Waals surface area (Å²) in [7, 11) is 1.56. The van der Waals surface area contributed by atoms with Gasteiger partial charge in [0.1, 0.15) is 11.8 Å². The number of nitrogens with zero attached hydrogens (tertiary/aromatic N) is 1. The monoisotopic (exact) mass is 263 g/mol. The largest absolute Gasteiger partial charge is 0.497 e. The number of rotatable bonds is 4. The third-order valence-electron chi connectivity index (χ3n) is 3.43. The fourth-order valence-electron chi connectivity index (χ4n) is 2.45. The van der Waals surface area contributed by atoms with E-state index in [2.05, 4.69) is 0 Å². The Labute approximate surface area is 111 Å². The number of anilines is 1. The lowest BCUT2D eigenvalue weighted by Crippen LogP contribution is -2.67. The van der Waals surface area contributed by atoms with Crippen LogP contribution in [0.25, 0.3) is 0 Å². The van der Waals surface area contributed by atoms with Crippen molar-refractivity contribution in [1.29, 1.82) is 0 Å². The van der Waals surface area contributed by atoms with Gasteiger partial charge >= 0.3 is 0 Å². The predicted molar refractivity (Wildman–Crippen MR) is 70.1 cm³/mol. The molecule has 0 saturated carbocycles. The number of aliphatic hydroxyl groups excluding tert-OH is 1. The van der Waals surface area contributed by atoms with Crippen molar-refractivity contribution in [3.8, 4) is 5.75 Å². The predicted octanol–water partition coefficient (Wildman–Crippen LogP) is 0.996. The number of methoxy groups -OCH3 is 1. The molecular weight excluding hydrogens is 246 g/mol. The maximum absolute atomic E-state index is 12.1. The van der Waals surface area contributed by atoms with Crippen LogP contribution in [0.15, 0.2) is 24.3 Å². The lowest BCUT2D eigenvalue weighted by atomic mass is 9.80. The van der Waals surface area contributed by atoms with Gasteiger partial charge in [-0.2, -0.15) is 0 Å². The van der Waals surface area contributed by atoms with Crippen LogP contribution in [-0.4, -0.2) is 36.1 Å². The first-order chi connectivity index (χ1) is 8.97. The first kappa shape index (κ1) is 13.5. The molecule has 1 N–H and O–H groups in total. The third kappa shape index (κ3) is 2.21. The minimum absolute atomic E-state index is 0.124. The van der Waals surface area contributed by atoms with E-state index in [9.17, 15) is 14.7 Å². The summed E-state index contributed by atoms with van der Waals surface area (Å²) in [5.74, 6) is -0.301. The zero-order valence-corrected chi connectivity index (χ0v) is 11.2. The molecule has 0 unspecified atom stereocenters. The lowest BCUT2D eigenvalue weighted by Gasteiger charge is -2.46. The quantitative estimate of drug-likeness (QED) is 0.823. The minimum Gasteiger partial charge on any atom is -0.497 e. The Morgan fingerprint density at radius 2 is 1.95 bits per heavy atom. The summed E-state index contributed by atoms with van der Waals surface area (Å²) in [6.45, 7) is 2.97. The van der Waals surface area contributed by atoms with Crippen LogP contribution in [0.2, 0.25) is 0 Å². The molecule has 3 atom stereocenters. The molecule has 1 amide bonds. The number of Topliss-reactive ketones (excluding diaryl/α,β-unsaturated/α-hetero) is 1. The average Bonchev–Trinajstić information content (AvgIpc) is 2.35. The second-order valence-corrected chi connectivity index (χ2v) is 4.73. The molecule has 19 heavy (non-hydrogen) atoms. The highest BCUT2D eigenvalue weighted by atomic mass is 16.5. The molecule has 1 fully saturated rings. The Kier molecular flexibility index (Phi) is 3.57. The zero-order valence-electron chi connectivity index (χ0n) is 11.2. The summed E-state index contributed by atoms with van der Waals surface area (Å²) >= 11 is 0. The van der Waals surface area contributed by atoms with Gasteiger partial charge in [-0.15, -0.1) is 0 Å². The topological polar surface area (TPSA) is 66.8 Å². The second kappa shape index (κ2) is 5.01. The molecular formula is C14H17NO4. The van der Waals surface area contributed by atoms with Crippen LogP contribution in [0, 0.1) is 5.92 Å². The maximum Gasteiger partial charge on any atom is 0.235 e. The van der Waals surface area contributed by atoms with Gasteiger partial charge in [-0.3, -0.25) is 9.59 Å².